The Kier molecular flexibility index (Phi) is 3.42. The number of hydrogen-bond acceptors (Lipinski definition) is 4. The van der Waals surface area contributed by atoms with Crippen molar-refractivity contribution in [2.75, 3.05) is 11.9 Å². The van der Waals surface area contributed by atoms with Gasteiger partial charge in [-0.05, 0) is 50.5 Å². The third-order valence-electron chi connectivity index (χ3n) is 4.04. The van der Waals surface area contributed by atoms with Crippen molar-refractivity contribution in [3.8, 4) is 12.1 Å². The van der Waals surface area contributed by atoms with Gasteiger partial charge in [-0.25, -0.2) is 0 Å². The number of nitriles is 2. The monoisotopic (exact) mass is 266 g/mol. The second-order valence-electron chi connectivity index (χ2n) is 5.26. The third-order valence-corrected chi connectivity index (χ3v) is 4.04. The highest BCUT2D eigenvalue weighted by Crippen LogP contribution is 2.35. The van der Waals surface area contributed by atoms with Crippen molar-refractivity contribution in [1.29, 1.82) is 10.5 Å². The van der Waals surface area contributed by atoms with Gasteiger partial charge in [0.05, 0.1) is 0 Å². The lowest BCUT2D eigenvalue weighted by Gasteiger charge is -2.29. The van der Waals surface area contributed by atoms with Gasteiger partial charge in [-0.3, -0.25) is 0 Å². The molecule has 0 bridgehead atoms. The maximum atomic E-state index is 9.42. The lowest BCUT2D eigenvalue weighted by molar-refractivity contribution is 0.367. The van der Waals surface area contributed by atoms with Gasteiger partial charge in [-0.15, -0.1) is 0 Å². The molecule has 0 saturated heterocycles. The molecule has 0 amide bonds. The number of rotatable bonds is 1. The minimum atomic E-state index is -0.0416. The van der Waals surface area contributed by atoms with E-state index in [1.807, 2.05) is 30.7 Å². The Labute approximate surface area is 120 Å². The molecular weight excluding hydrogens is 248 g/mol. The molecule has 0 saturated carbocycles. The highest BCUT2D eigenvalue weighted by atomic mass is 15.4. The quantitative estimate of drug-likeness (QED) is 0.784. The van der Waals surface area contributed by atoms with Crippen LogP contribution in [-0.4, -0.2) is 18.1 Å². The van der Waals surface area contributed by atoms with E-state index in [1.165, 1.54) is 11.1 Å². The summed E-state index contributed by atoms with van der Waals surface area (Å²) >= 11 is 0. The van der Waals surface area contributed by atoms with Crippen LogP contribution in [0.25, 0.3) is 0 Å². The van der Waals surface area contributed by atoms with Gasteiger partial charge in [0.2, 0.25) is 0 Å². The first-order chi connectivity index (χ1) is 9.42. The molecular formula is C16H18N4. The number of anilines is 1. The molecule has 1 aliphatic rings. The zero-order chi connectivity index (χ0) is 15.0. The topological polar surface area (TPSA) is 54.1 Å². The van der Waals surface area contributed by atoms with Crippen LogP contribution in [0.4, 0.5) is 5.69 Å². The van der Waals surface area contributed by atoms with E-state index in [4.69, 9.17) is 0 Å². The number of hydrogen-bond donors (Lipinski definition) is 0. The van der Waals surface area contributed by atoms with Crippen LogP contribution in [-0.2, 0) is 0 Å². The Bertz CT molecular complexity index is 673. The fraction of sp³-hybridized carbons (Fsp3) is 0.375. The fourth-order valence-corrected chi connectivity index (χ4v) is 2.59. The summed E-state index contributed by atoms with van der Waals surface area (Å²) in [6.45, 7) is 8.17. The first-order valence-corrected chi connectivity index (χ1v) is 6.56. The van der Waals surface area contributed by atoms with Crippen molar-refractivity contribution in [1.82, 2.24) is 4.90 Å². The number of aryl methyl sites for hydroxylation is 3. The lowest BCUT2D eigenvalue weighted by Crippen LogP contribution is -2.36. The third kappa shape index (κ3) is 1.90. The summed E-state index contributed by atoms with van der Waals surface area (Å²) in [7, 11) is 1.84. The van der Waals surface area contributed by atoms with Crippen LogP contribution < -0.4 is 4.90 Å². The molecule has 1 aliphatic heterocycles. The van der Waals surface area contributed by atoms with Gasteiger partial charge in [0.15, 0.2) is 11.4 Å². The van der Waals surface area contributed by atoms with Gasteiger partial charge in [0.1, 0.15) is 18.3 Å². The van der Waals surface area contributed by atoms with Crippen molar-refractivity contribution >= 4 is 5.69 Å². The minimum absolute atomic E-state index is 0.0416. The SMILES string of the molecule is Cc1cc(C)c(N2C(C#N)=C(C#N)N(C)[C@@H]2C)cc1C. The Morgan fingerprint density at radius 3 is 2.05 bits per heavy atom. The van der Waals surface area contributed by atoms with E-state index in [2.05, 4.69) is 38.1 Å². The van der Waals surface area contributed by atoms with E-state index < -0.39 is 0 Å². The number of benzene rings is 1. The molecule has 0 unspecified atom stereocenters. The van der Waals surface area contributed by atoms with Crippen LogP contribution in [0, 0.1) is 43.4 Å². The van der Waals surface area contributed by atoms with Crippen LogP contribution in [0.15, 0.2) is 23.5 Å². The normalized spacial score (nSPS) is 18.2. The molecule has 4 nitrogen and oxygen atoms in total. The van der Waals surface area contributed by atoms with Gasteiger partial charge in [0, 0.05) is 12.7 Å². The smallest absolute Gasteiger partial charge is 0.157 e. The molecule has 1 atom stereocenters. The molecule has 0 fully saturated rings. The average Bonchev–Trinajstić information content (AvgIpc) is 2.66. The summed E-state index contributed by atoms with van der Waals surface area (Å²) in [5.41, 5.74) is 5.37. The van der Waals surface area contributed by atoms with Crippen molar-refractivity contribution in [2.45, 2.75) is 33.9 Å². The Hall–Kier alpha value is -2.46. The van der Waals surface area contributed by atoms with Gasteiger partial charge in [-0.1, -0.05) is 6.07 Å². The van der Waals surface area contributed by atoms with Crippen molar-refractivity contribution in [3.05, 3.63) is 40.2 Å². The minimum Gasteiger partial charge on any atom is -0.343 e. The molecule has 102 valence electrons. The second-order valence-corrected chi connectivity index (χ2v) is 5.26. The molecule has 0 radical (unpaired) electrons. The zero-order valence-corrected chi connectivity index (χ0v) is 12.5. The summed E-state index contributed by atoms with van der Waals surface area (Å²) in [4.78, 5) is 3.79. The molecule has 20 heavy (non-hydrogen) atoms. The number of nitrogens with zero attached hydrogens (tertiary/aromatic N) is 4. The molecule has 1 heterocycles. The van der Waals surface area contributed by atoms with Crippen LogP contribution in [0.5, 0.6) is 0 Å². The molecule has 0 N–H and O–H groups in total. The first-order valence-electron chi connectivity index (χ1n) is 6.56. The molecule has 0 spiro atoms. The zero-order valence-electron chi connectivity index (χ0n) is 12.5. The Balaban J connectivity index is 2.64. The largest absolute Gasteiger partial charge is 0.343 e. The average molecular weight is 266 g/mol. The lowest BCUT2D eigenvalue weighted by atomic mass is 10.0. The molecule has 1 aromatic carbocycles. The van der Waals surface area contributed by atoms with E-state index in [9.17, 15) is 10.5 Å². The van der Waals surface area contributed by atoms with E-state index in [0.717, 1.165) is 11.3 Å². The maximum absolute atomic E-state index is 9.42. The van der Waals surface area contributed by atoms with Crippen molar-refractivity contribution in [2.24, 2.45) is 0 Å². The van der Waals surface area contributed by atoms with Crippen molar-refractivity contribution < 1.29 is 0 Å². The van der Waals surface area contributed by atoms with Gasteiger partial charge >= 0.3 is 0 Å². The maximum Gasteiger partial charge on any atom is 0.157 e. The predicted molar refractivity (Wildman–Crippen MR) is 78.6 cm³/mol. The fourth-order valence-electron chi connectivity index (χ4n) is 2.59. The van der Waals surface area contributed by atoms with Crippen LogP contribution in [0.2, 0.25) is 0 Å². The summed E-state index contributed by atoms with van der Waals surface area (Å²) in [6.07, 6.45) is -0.0416. The molecule has 0 aromatic heterocycles. The van der Waals surface area contributed by atoms with E-state index >= 15 is 0 Å². The second kappa shape index (κ2) is 4.90. The standard InChI is InChI=1S/C16H18N4/c1-10-6-12(3)14(7-11(10)2)20-13(4)19(5)15(8-17)16(20)9-18/h6-7,13H,1-5H3/t13-/m0/s1. The highest BCUT2D eigenvalue weighted by Gasteiger charge is 2.35. The van der Waals surface area contributed by atoms with Crippen LogP contribution in [0.3, 0.4) is 0 Å². The van der Waals surface area contributed by atoms with E-state index in [0.29, 0.717) is 11.4 Å². The van der Waals surface area contributed by atoms with Crippen LogP contribution in [0.1, 0.15) is 23.6 Å². The van der Waals surface area contributed by atoms with E-state index in [-0.39, 0.29) is 6.17 Å². The van der Waals surface area contributed by atoms with Gasteiger partial charge in [0.25, 0.3) is 0 Å². The molecule has 2 rings (SSSR count). The van der Waals surface area contributed by atoms with Crippen molar-refractivity contribution in [3.63, 3.8) is 0 Å². The highest BCUT2D eigenvalue weighted by molar-refractivity contribution is 5.66. The Morgan fingerprint density at radius 2 is 1.50 bits per heavy atom. The summed E-state index contributed by atoms with van der Waals surface area (Å²) in [5.74, 6) is 0. The molecule has 0 aliphatic carbocycles. The summed E-state index contributed by atoms with van der Waals surface area (Å²) < 4.78 is 0. The van der Waals surface area contributed by atoms with E-state index in [1.54, 1.807) is 0 Å². The number of allylic oxidation sites excluding steroid dienone is 2. The summed E-state index contributed by atoms with van der Waals surface area (Å²) in [6, 6.07) is 8.52. The molecule has 4 heteroatoms. The van der Waals surface area contributed by atoms with Gasteiger partial charge < -0.3 is 9.80 Å². The summed E-state index contributed by atoms with van der Waals surface area (Å²) in [5, 5.41) is 18.7. The first kappa shape index (κ1) is 14.0. The molecule has 1 aromatic rings. The predicted octanol–water partition coefficient (Wildman–Crippen LogP) is 2.97. The van der Waals surface area contributed by atoms with Crippen LogP contribution >= 0.6 is 0 Å². The Morgan fingerprint density at radius 1 is 0.950 bits per heavy atom. The van der Waals surface area contributed by atoms with Gasteiger partial charge in [-0.2, -0.15) is 10.5 Å².